The molecule has 2 aromatic rings. The SMILES string of the molecule is CN(C(=O)C(CNC(=O)OCC1c2ccccc2-c2ccccc21)C(F)(F)F)C1(C(=O)O)CC1. The summed E-state index contributed by atoms with van der Waals surface area (Å²) in [6, 6.07) is 15.2. The molecule has 1 saturated carbocycles. The van der Waals surface area contributed by atoms with Crippen LogP contribution in [0.25, 0.3) is 11.1 Å². The molecule has 1 atom stereocenters. The molecule has 10 heteroatoms. The second kappa shape index (κ2) is 8.66. The van der Waals surface area contributed by atoms with Crippen LogP contribution in [-0.4, -0.2) is 59.9 Å². The molecule has 1 fully saturated rings. The van der Waals surface area contributed by atoms with Crippen LogP contribution < -0.4 is 5.32 Å². The molecule has 7 nitrogen and oxygen atoms in total. The van der Waals surface area contributed by atoms with Crippen molar-refractivity contribution >= 4 is 18.0 Å². The number of ether oxygens (including phenoxy) is 1. The van der Waals surface area contributed by atoms with Crippen LogP contribution in [0.15, 0.2) is 48.5 Å². The second-order valence-corrected chi connectivity index (χ2v) is 8.53. The van der Waals surface area contributed by atoms with E-state index < -0.39 is 42.1 Å². The number of carboxylic acids is 1. The van der Waals surface area contributed by atoms with E-state index in [9.17, 15) is 32.7 Å². The lowest BCUT2D eigenvalue weighted by Crippen LogP contribution is -2.52. The van der Waals surface area contributed by atoms with Crippen molar-refractivity contribution in [1.29, 1.82) is 0 Å². The first-order valence-electron chi connectivity index (χ1n) is 10.7. The topological polar surface area (TPSA) is 95.9 Å². The van der Waals surface area contributed by atoms with Crippen molar-refractivity contribution in [2.45, 2.75) is 30.5 Å². The number of nitrogens with zero attached hydrogens (tertiary/aromatic N) is 1. The molecule has 0 saturated heterocycles. The zero-order valence-electron chi connectivity index (χ0n) is 18.3. The minimum Gasteiger partial charge on any atom is -0.479 e. The van der Waals surface area contributed by atoms with Crippen molar-refractivity contribution in [3.8, 4) is 11.1 Å². The molecule has 0 bridgehead atoms. The third-order valence-electron chi connectivity index (χ3n) is 6.58. The van der Waals surface area contributed by atoms with Gasteiger partial charge in [0.2, 0.25) is 5.91 Å². The van der Waals surface area contributed by atoms with Crippen molar-refractivity contribution in [3.05, 3.63) is 59.7 Å². The fourth-order valence-electron chi connectivity index (χ4n) is 4.43. The van der Waals surface area contributed by atoms with E-state index in [1.807, 2.05) is 53.8 Å². The Bertz CT molecular complexity index is 1080. The van der Waals surface area contributed by atoms with Gasteiger partial charge in [0.05, 0.1) is 0 Å². The van der Waals surface area contributed by atoms with Crippen LogP contribution in [0, 0.1) is 5.92 Å². The van der Waals surface area contributed by atoms with E-state index in [4.69, 9.17) is 4.74 Å². The van der Waals surface area contributed by atoms with Crippen molar-refractivity contribution in [2.24, 2.45) is 5.92 Å². The van der Waals surface area contributed by atoms with Crippen molar-refractivity contribution in [2.75, 3.05) is 20.2 Å². The molecule has 4 rings (SSSR count). The predicted molar refractivity (Wildman–Crippen MR) is 115 cm³/mol. The van der Waals surface area contributed by atoms with Crippen LogP contribution in [0.2, 0.25) is 0 Å². The van der Waals surface area contributed by atoms with Crippen molar-refractivity contribution < 1.29 is 37.4 Å². The Hall–Kier alpha value is -3.56. The molecule has 1 unspecified atom stereocenters. The zero-order valence-corrected chi connectivity index (χ0v) is 18.3. The Kier molecular flexibility index (Phi) is 6.01. The van der Waals surface area contributed by atoms with Gasteiger partial charge >= 0.3 is 18.2 Å². The number of carbonyl (C=O) groups excluding carboxylic acids is 2. The highest BCUT2D eigenvalue weighted by Gasteiger charge is 2.58. The molecule has 2 N–H and O–H groups in total. The van der Waals surface area contributed by atoms with Crippen molar-refractivity contribution in [1.82, 2.24) is 10.2 Å². The van der Waals surface area contributed by atoms with E-state index in [2.05, 4.69) is 0 Å². The number of alkyl halides is 3. The van der Waals surface area contributed by atoms with Gasteiger partial charge in [0, 0.05) is 19.5 Å². The number of hydrogen-bond acceptors (Lipinski definition) is 4. The van der Waals surface area contributed by atoms with Crippen molar-refractivity contribution in [3.63, 3.8) is 0 Å². The maximum atomic E-state index is 13.6. The van der Waals surface area contributed by atoms with Gasteiger partial charge in [0.1, 0.15) is 12.1 Å². The van der Waals surface area contributed by atoms with Gasteiger partial charge in [-0.25, -0.2) is 9.59 Å². The molecule has 0 heterocycles. The number of rotatable bonds is 7. The van der Waals surface area contributed by atoms with E-state index in [0.29, 0.717) is 4.90 Å². The summed E-state index contributed by atoms with van der Waals surface area (Å²) in [6.45, 7) is -1.15. The number of aliphatic carboxylic acids is 1. The van der Waals surface area contributed by atoms with Crippen LogP contribution in [0.4, 0.5) is 18.0 Å². The lowest BCUT2D eigenvalue weighted by Gasteiger charge is -2.29. The van der Waals surface area contributed by atoms with E-state index >= 15 is 0 Å². The molecular formula is C24H23F3N2O5. The zero-order chi connectivity index (χ0) is 24.7. The lowest BCUT2D eigenvalue weighted by molar-refractivity contribution is -0.190. The number of halogens is 3. The van der Waals surface area contributed by atoms with Crippen LogP contribution >= 0.6 is 0 Å². The van der Waals surface area contributed by atoms with Crippen LogP contribution in [0.5, 0.6) is 0 Å². The van der Waals surface area contributed by atoms with E-state index in [-0.39, 0.29) is 25.4 Å². The molecule has 0 aliphatic heterocycles. The van der Waals surface area contributed by atoms with Gasteiger partial charge in [-0.05, 0) is 35.1 Å². The average molecular weight is 476 g/mol. The third-order valence-corrected chi connectivity index (χ3v) is 6.58. The molecule has 180 valence electrons. The lowest BCUT2D eigenvalue weighted by atomic mass is 9.98. The minimum atomic E-state index is -4.98. The fraction of sp³-hybridized carbons (Fsp3) is 0.375. The Balaban J connectivity index is 1.40. The predicted octanol–water partition coefficient (Wildman–Crippen LogP) is 3.78. The van der Waals surface area contributed by atoms with Gasteiger partial charge in [0.25, 0.3) is 0 Å². The normalized spacial score (nSPS) is 16.7. The van der Waals surface area contributed by atoms with E-state index in [1.54, 1.807) is 0 Å². The molecule has 2 amide bonds. The number of nitrogens with one attached hydrogen (secondary N) is 1. The maximum Gasteiger partial charge on any atom is 0.407 e. The summed E-state index contributed by atoms with van der Waals surface area (Å²) in [5, 5.41) is 11.3. The molecule has 2 aliphatic carbocycles. The van der Waals surface area contributed by atoms with Gasteiger partial charge in [-0.2, -0.15) is 13.2 Å². The summed E-state index contributed by atoms with van der Waals surface area (Å²) in [7, 11) is 1.04. The highest BCUT2D eigenvalue weighted by Crippen LogP contribution is 2.45. The largest absolute Gasteiger partial charge is 0.479 e. The molecule has 0 radical (unpaired) electrons. The first-order valence-corrected chi connectivity index (χ1v) is 10.7. The van der Waals surface area contributed by atoms with Crippen LogP contribution in [0.1, 0.15) is 29.9 Å². The number of benzene rings is 2. The highest BCUT2D eigenvalue weighted by molar-refractivity contribution is 5.91. The number of carboxylic acid groups (broad SMARTS) is 1. The monoisotopic (exact) mass is 476 g/mol. The molecule has 0 spiro atoms. The van der Waals surface area contributed by atoms with E-state index in [1.165, 1.54) is 0 Å². The molecule has 34 heavy (non-hydrogen) atoms. The molecular weight excluding hydrogens is 453 g/mol. The summed E-state index contributed by atoms with van der Waals surface area (Å²) in [5.41, 5.74) is 2.29. The second-order valence-electron chi connectivity index (χ2n) is 8.53. The number of alkyl carbamates (subject to hydrolysis) is 1. The Labute approximate surface area is 193 Å². The summed E-state index contributed by atoms with van der Waals surface area (Å²) < 4.78 is 45.9. The number of carbonyl (C=O) groups is 3. The standard InChI is InChI=1S/C24H23F3N2O5/c1-29(23(10-11-23)21(31)32)20(30)19(24(25,26)27)12-28-22(33)34-13-18-16-8-4-2-6-14(16)15-7-3-5-9-17(15)18/h2-9,18-19H,10-13H2,1H3,(H,28,33)(H,31,32). The quantitative estimate of drug-likeness (QED) is 0.634. The van der Waals surface area contributed by atoms with Gasteiger partial charge in [-0.1, -0.05) is 48.5 Å². The van der Waals surface area contributed by atoms with Gasteiger partial charge in [-0.15, -0.1) is 0 Å². The van der Waals surface area contributed by atoms with E-state index in [0.717, 1.165) is 29.3 Å². The Morgan fingerprint density at radius 2 is 1.62 bits per heavy atom. The first-order chi connectivity index (χ1) is 16.1. The maximum absolute atomic E-state index is 13.6. The summed E-state index contributed by atoms with van der Waals surface area (Å²) in [4.78, 5) is 36.7. The summed E-state index contributed by atoms with van der Waals surface area (Å²) in [6.07, 6.45) is -5.91. The summed E-state index contributed by atoms with van der Waals surface area (Å²) >= 11 is 0. The smallest absolute Gasteiger partial charge is 0.407 e. The molecule has 0 aromatic heterocycles. The Morgan fingerprint density at radius 3 is 2.09 bits per heavy atom. The van der Waals surface area contributed by atoms with Crippen LogP contribution in [0.3, 0.4) is 0 Å². The number of hydrogen-bond donors (Lipinski definition) is 2. The summed E-state index contributed by atoms with van der Waals surface area (Å²) in [5.74, 6) is -5.62. The first kappa shape index (κ1) is 23.6. The Morgan fingerprint density at radius 1 is 1.09 bits per heavy atom. The fourth-order valence-corrected chi connectivity index (χ4v) is 4.43. The minimum absolute atomic E-state index is 0.0783. The molecule has 2 aliphatic rings. The molecule has 2 aromatic carbocycles. The van der Waals surface area contributed by atoms with Gasteiger partial charge < -0.3 is 20.1 Å². The van der Waals surface area contributed by atoms with Crippen LogP contribution in [-0.2, 0) is 14.3 Å². The average Bonchev–Trinajstić information content (AvgIpc) is 3.55. The van der Waals surface area contributed by atoms with Gasteiger partial charge in [-0.3, -0.25) is 4.79 Å². The number of fused-ring (bicyclic) bond motifs is 3. The third kappa shape index (κ3) is 4.20. The number of likely N-dealkylation sites (N-methyl/N-ethyl adjacent to an activating group) is 1. The van der Waals surface area contributed by atoms with Gasteiger partial charge in [0.15, 0.2) is 5.92 Å². The number of amides is 2. The highest BCUT2D eigenvalue weighted by atomic mass is 19.4.